The number of nitrogens with two attached hydrogens (primary N) is 1. The van der Waals surface area contributed by atoms with Gasteiger partial charge in [-0.3, -0.25) is 14.7 Å². The molecule has 0 radical (unpaired) electrons. The number of rotatable bonds is 11. The first-order valence-corrected chi connectivity index (χ1v) is 14.0. The Morgan fingerprint density at radius 3 is 2.60 bits per heavy atom. The Morgan fingerprint density at radius 1 is 1.14 bits per heavy atom. The third-order valence-electron chi connectivity index (χ3n) is 6.33. The van der Waals surface area contributed by atoms with Crippen LogP contribution in [-0.4, -0.2) is 73.1 Å². The Hall–Kier alpha value is -4.41. The maximum atomic E-state index is 12.8. The van der Waals surface area contributed by atoms with Crippen LogP contribution in [0.5, 0.6) is 0 Å². The summed E-state index contributed by atoms with van der Waals surface area (Å²) in [5.74, 6) is 0.195. The Labute approximate surface area is 247 Å². The molecular weight excluding hydrogens is 538 g/mol. The van der Waals surface area contributed by atoms with Gasteiger partial charge >= 0.3 is 18.2 Å². The lowest BCUT2D eigenvalue weighted by molar-refractivity contribution is -0.140. The Kier molecular flexibility index (Phi) is 11.9. The number of pyridine rings is 1. The highest BCUT2D eigenvalue weighted by Crippen LogP contribution is 2.27. The number of methoxy groups -OCH3 is 1. The molecule has 3 rings (SSSR count). The van der Waals surface area contributed by atoms with Crippen LogP contribution in [0.25, 0.3) is 0 Å². The summed E-state index contributed by atoms with van der Waals surface area (Å²) in [6.45, 7) is 6.79. The molecule has 0 fully saturated rings. The number of benzene rings is 1. The van der Waals surface area contributed by atoms with E-state index >= 15 is 0 Å². The zero-order valence-corrected chi connectivity index (χ0v) is 24.9. The predicted octanol–water partition coefficient (Wildman–Crippen LogP) is 4.43. The molecule has 0 saturated heterocycles. The van der Waals surface area contributed by atoms with E-state index in [2.05, 4.69) is 4.99 Å². The molecule has 1 aromatic heterocycles. The molecular formula is C31H41N5O6. The van der Waals surface area contributed by atoms with Crippen LogP contribution in [0.4, 0.5) is 15.4 Å². The second kappa shape index (κ2) is 15.6. The van der Waals surface area contributed by atoms with Gasteiger partial charge in [0.25, 0.3) is 0 Å². The number of carbonyl (C=O) groups is 3. The molecule has 0 spiro atoms. The third kappa shape index (κ3) is 10.2. The first kappa shape index (κ1) is 32.1. The summed E-state index contributed by atoms with van der Waals surface area (Å²) in [6.07, 6.45) is 4.24. The second-order valence-electron chi connectivity index (χ2n) is 10.8. The second-order valence-corrected chi connectivity index (χ2v) is 10.8. The normalized spacial score (nSPS) is 13.4. The van der Waals surface area contributed by atoms with Crippen molar-refractivity contribution in [2.24, 2.45) is 10.7 Å². The van der Waals surface area contributed by atoms with E-state index in [0.29, 0.717) is 30.9 Å². The fraction of sp³-hybridized carbons (Fsp3) is 0.452. The number of hydrogen-bond donors (Lipinski definition) is 1. The maximum absolute atomic E-state index is 12.8. The number of hydrogen-bond acceptors (Lipinski definition) is 9. The Morgan fingerprint density at radius 2 is 1.90 bits per heavy atom. The fourth-order valence-electron chi connectivity index (χ4n) is 4.20. The molecule has 0 bridgehead atoms. The highest BCUT2D eigenvalue weighted by Gasteiger charge is 2.28. The number of aryl methyl sites for hydroxylation is 1. The number of aromatic nitrogens is 1. The minimum absolute atomic E-state index is 0.0102. The number of carbonyl (C=O) groups excluding carboxylic acids is 3. The summed E-state index contributed by atoms with van der Waals surface area (Å²) in [7, 11) is 1.30. The van der Waals surface area contributed by atoms with Gasteiger partial charge in [0.1, 0.15) is 18.0 Å². The Balaban J connectivity index is 1.60. The van der Waals surface area contributed by atoms with Gasteiger partial charge in [0.15, 0.2) is 0 Å². The third-order valence-corrected chi connectivity index (χ3v) is 6.33. The van der Waals surface area contributed by atoms with E-state index in [1.54, 1.807) is 11.1 Å². The number of anilines is 1. The lowest BCUT2D eigenvalue weighted by Crippen LogP contribution is -2.40. The molecule has 2 aromatic rings. The quantitative estimate of drug-likeness (QED) is 0.235. The van der Waals surface area contributed by atoms with Crippen molar-refractivity contribution in [3.8, 4) is 0 Å². The monoisotopic (exact) mass is 579 g/mol. The summed E-state index contributed by atoms with van der Waals surface area (Å²) in [5, 5.41) is 0. The van der Waals surface area contributed by atoms with Crippen LogP contribution in [0.3, 0.4) is 0 Å². The summed E-state index contributed by atoms with van der Waals surface area (Å²) in [5.41, 5.74) is 8.48. The molecule has 1 aromatic carbocycles. The SMILES string of the molecule is COC(=O)CCN(CC(C=NCCc1ccc2c(n1)N(C(=O)OC(C)(C)C)CCC2)=CN)C(=O)OCc1ccccc1. The van der Waals surface area contributed by atoms with Crippen molar-refractivity contribution >= 4 is 30.2 Å². The van der Waals surface area contributed by atoms with E-state index in [9.17, 15) is 14.4 Å². The van der Waals surface area contributed by atoms with Crippen molar-refractivity contribution in [3.05, 3.63) is 71.1 Å². The van der Waals surface area contributed by atoms with Crippen LogP contribution in [0, 0.1) is 0 Å². The van der Waals surface area contributed by atoms with E-state index < -0.39 is 23.8 Å². The smallest absolute Gasteiger partial charge is 0.416 e. The lowest BCUT2D eigenvalue weighted by atomic mass is 10.1. The standard InChI is InChI=1S/C31H41N5O6/c1-31(2,3)42-30(39)36-17-8-11-25-12-13-26(34-28(25)36)14-16-33-20-24(19-32)21-35(18-15-27(37)40-4)29(38)41-22-23-9-6-5-7-10-23/h5-7,9-10,12-13,19-20H,8,11,14-18,21-22,32H2,1-4H3. The van der Waals surface area contributed by atoms with Crippen molar-refractivity contribution in [3.63, 3.8) is 0 Å². The number of amides is 2. The van der Waals surface area contributed by atoms with Crippen molar-refractivity contribution < 1.29 is 28.6 Å². The van der Waals surface area contributed by atoms with Gasteiger partial charge in [-0.2, -0.15) is 0 Å². The van der Waals surface area contributed by atoms with Crippen LogP contribution in [0.1, 0.15) is 50.4 Å². The van der Waals surface area contributed by atoms with Gasteiger partial charge in [-0.25, -0.2) is 14.6 Å². The van der Waals surface area contributed by atoms with Crippen LogP contribution in [0.2, 0.25) is 0 Å². The summed E-state index contributed by atoms with van der Waals surface area (Å²) in [6, 6.07) is 13.3. The minimum Gasteiger partial charge on any atom is -0.469 e. The summed E-state index contributed by atoms with van der Waals surface area (Å²) in [4.78, 5) is 49.6. The molecule has 2 heterocycles. The molecule has 2 N–H and O–H groups in total. The molecule has 11 nitrogen and oxygen atoms in total. The van der Waals surface area contributed by atoms with Crippen molar-refractivity contribution in [1.29, 1.82) is 0 Å². The number of esters is 1. The van der Waals surface area contributed by atoms with Crippen molar-refractivity contribution in [1.82, 2.24) is 9.88 Å². The van der Waals surface area contributed by atoms with E-state index in [0.717, 1.165) is 29.7 Å². The van der Waals surface area contributed by atoms with Gasteiger partial charge in [-0.15, -0.1) is 0 Å². The van der Waals surface area contributed by atoms with Gasteiger partial charge in [-0.05, 0) is 50.8 Å². The van der Waals surface area contributed by atoms with Gasteiger partial charge < -0.3 is 24.8 Å². The van der Waals surface area contributed by atoms with Gasteiger partial charge in [0, 0.05) is 49.7 Å². The predicted molar refractivity (Wildman–Crippen MR) is 160 cm³/mol. The molecule has 1 aliphatic heterocycles. The zero-order chi connectivity index (χ0) is 30.5. The highest BCUT2D eigenvalue weighted by molar-refractivity contribution is 5.88. The van der Waals surface area contributed by atoms with Crippen molar-refractivity contribution in [2.45, 2.75) is 58.7 Å². The maximum Gasteiger partial charge on any atom is 0.416 e. The van der Waals surface area contributed by atoms with E-state index in [1.807, 2.05) is 63.2 Å². The zero-order valence-electron chi connectivity index (χ0n) is 24.9. The van der Waals surface area contributed by atoms with Crippen LogP contribution >= 0.6 is 0 Å². The number of nitrogens with zero attached hydrogens (tertiary/aromatic N) is 4. The lowest BCUT2D eigenvalue weighted by Gasteiger charge is -2.31. The molecule has 0 unspecified atom stereocenters. The van der Waals surface area contributed by atoms with Crippen LogP contribution in [-0.2, 0) is 38.5 Å². The molecule has 226 valence electrons. The minimum atomic E-state index is -0.594. The topological polar surface area (TPSA) is 137 Å². The van der Waals surface area contributed by atoms with Crippen molar-refractivity contribution in [2.75, 3.05) is 38.2 Å². The Bertz CT molecular complexity index is 1270. The molecule has 42 heavy (non-hydrogen) atoms. The largest absolute Gasteiger partial charge is 0.469 e. The number of ether oxygens (including phenoxy) is 3. The number of aliphatic imine (C=N–C) groups is 1. The molecule has 2 amide bonds. The van der Waals surface area contributed by atoms with Gasteiger partial charge in [-0.1, -0.05) is 36.4 Å². The number of fused-ring (bicyclic) bond motifs is 1. The first-order chi connectivity index (χ1) is 20.1. The first-order valence-electron chi connectivity index (χ1n) is 14.0. The van der Waals surface area contributed by atoms with Gasteiger partial charge in [0.05, 0.1) is 20.1 Å². The van der Waals surface area contributed by atoms with Crippen LogP contribution < -0.4 is 10.6 Å². The summed E-state index contributed by atoms with van der Waals surface area (Å²) < 4.78 is 15.8. The highest BCUT2D eigenvalue weighted by atomic mass is 16.6. The molecule has 11 heteroatoms. The van der Waals surface area contributed by atoms with E-state index in [1.165, 1.54) is 18.2 Å². The average molecular weight is 580 g/mol. The molecule has 0 aliphatic carbocycles. The summed E-state index contributed by atoms with van der Waals surface area (Å²) >= 11 is 0. The molecule has 0 saturated carbocycles. The van der Waals surface area contributed by atoms with E-state index in [4.69, 9.17) is 24.9 Å². The fourth-order valence-corrected chi connectivity index (χ4v) is 4.20. The molecule has 0 atom stereocenters. The van der Waals surface area contributed by atoms with E-state index in [-0.39, 0.29) is 26.1 Å². The van der Waals surface area contributed by atoms with Crippen LogP contribution in [0.15, 0.2) is 59.2 Å². The molecule has 1 aliphatic rings. The average Bonchev–Trinajstić information content (AvgIpc) is 2.98. The van der Waals surface area contributed by atoms with Gasteiger partial charge in [0.2, 0.25) is 0 Å².